The Bertz CT molecular complexity index is 6880. The van der Waals surface area contributed by atoms with Gasteiger partial charge in [-0.2, -0.15) is 40.3 Å². The summed E-state index contributed by atoms with van der Waals surface area (Å²) in [4.78, 5) is 119. The van der Waals surface area contributed by atoms with Gasteiger partial charge in [0.05, 0.1) is 45.5 Å². The predicted octanol–water partition coefficient (Wildman–Crippen LogP) is 4.43. The summed E-state index contributed by atoms with van der Waals surface area (Å²) in [6.07, 6.45) is 26.6. The Kier molecular flexibility index (Phi) is 20.0. The van der Waals surface area contributed by atoms with Crippen molar-refractivity contribution in [2.75, 3.05) is 124 Å². The topological polar surface area (TPSA) is 365 Å². The van der Waals surface area contributed by atoms with Crippen molar-refractivity contribution in [2.24, 2.45) is 11.8 Å². The van der Waals surface area contributed by atoms with Crippen molar-refractivity contribution in [1.29, 1.82) is 0 Å². The smallest absolute Gasteiger partial charge is 0.258 e. The third-order valence-corrected chi connectivity index (χ3v) is 24.0. The van der Waals surface area contributed by atoms with Crippen molar-refractivity contribution in [3.8, 4) is 45.0 Å². The predicted molar refractivity (Wildman–Crippen MR) is 457 cm³/mol. The highest BCUT2D eigenvalue weighted by Crippen LogP contribution is 2.31. The average molecular weight is 1630 g/mol. The highest BCUT2D eigenvalue weighted by atomic mass is 16.1. The van der Waals surface area contributed by atoms with E-state index in [9.17, 15) is 19.2 Å². The first-order valence-corrected chi connectivity index (χ1v) is 41.4. The zero-order chi connectivity index (χ0) is 82.3. The van der Waals surface area contributed by atoms with Gasteiger partial charge >= 0.3 is 0 Å². The zero-order valence-corrected chi connectivity index (χ0v) is 68.0. The lowest BCUT2D eigenvalue weighted by atomic mass is 9.96. The van der Waals surface area contributed by atoms with Gasteiger partial charge in [0.15, 0.2) is 0 Å². The van der Waals surface area contributed by atoms with Gasteiger partial charge in [-0.1, -0.05) is 0 Å². The van der Waals surface area contributed by atoms with Crippen LogP contribution in [0.25, 0.3) is 90.7 Å². The van der Waals surface area contributed by atoms with Gasteiger partial charge in [-0.25, -0.2) is 57.9 Å². The molecular weight excluding hydrogens is 1540 g/mol. The van der Waals surface area contributed by atoms with Crippen LogP contribution in [0.3, 0.4) is 0 Å². The van der Waals surface area contributed by atoms with Gasteiger partial charge in [0.25, 0.3) is 45.3 Å². The van der Waals surface area contributed by atoms with Crippen LogP contribution < -0.4 is 57.8 Å². The van der Waals surface area contributed by atoms with Gasteiger partial charge in [0.2, 0.25) is 0 Å². The van der Waals surface area contributed by atoms with Crippen LogP contribution in [0.1, 0.15) is 62.8 Å². The number of hydrogen-bond acceptors (Lipinski definition) is 29. The van der Waals surface area contributed by atoms with Gasteiger partial charge < -0.3 is 40.4 Å². The molecule has 7 aliphatic rings. The third kappa shape index (κ3) is 15.7. The normalized spacial score (nSPS) is 19.2. The molecule has 616 valence electrons. The molecule has 3 N–H and O–H groups in total. The molecular formula is C84H91N33O4. The molecule has 7 aliphatic heterocycles. The molecule has 121 heavy (non-hydrogen) atoms. The number of piperazine rings is 2. The first kappa shape index (κ1) is 76.3. The number of nitrogens with zero attached hydrogens (tertiary/aromatic N) is 30. The van der Waals surface area contributed by atoms with Crippen molar-refractivity contribution in [1.82, 2.24) is 142 Å². The molecule has 2 unspecified atom stereocenters. The Labute approximate surface area is 691 Å². The summed E-state index contributed by atoms with van der Waals surface area (Å²) >= 11 is 0. The molecule has 0 aromatic carbocycles. The van der Waals surface area contributed by atoms with E-state index >= 15 is 0 Å². The fourth-order valence-electron chi connectivity index (χ4n) is 17.6. The quantitative estimate of drug-likeness (QED) is 0.161. The fourth-order valence-corrected chi connectivity index (χ4v) is 17.6. The van der Waals surface area contributed by atoms with Gasteiger partial charge in [-0.3, -0.25) is 41.7 Å². The highest BCUT2D eigenvalue weighted by Gasteiger charge is 2.39. The monoisotopic (exact) mass is 1630 g/mol. The summed E-state index contributed by atoms with van der Waals surface area (Å²) in [7, 11) is 0. The summed E-state index contributed by atoms with van der Waals surface area (Å²) in [5.41, 5.74) is 11.4. The number of hydrogen-bond donors (Lipinski definition) is 3. The lowest BCUT2D eigenvalue weighted by Crippen LogP contribution is -2.61. The van der Waals surface area contributed by atoms with E-state index < -0.39 is 0 Å². The van der Waals surface area contributed by atoms with E-state index in [1.54, 1.807) is 103 Å². The average Bonchev–Trinajstić information content (AvgIpc) is 1.75. The fraction of sp³-hybridized carbons (Fsp3) is 0.381. The molecule has 16 aromatic rings. The van der Waals surface area contributed by atoms with E-state index in [4.69, 9.17) is 4.98 Å². The number of aromatic nitrogens is 24. The van der Waals surface area contributed by atoms with Crippen LogP contribution in [0.5, 0.6) is 0 Å². The van der Waals surface area contributed by atoms with Crippen LogP contribution in [-0.2, 0) is 0 Å². The van der Waals surface area contributed by atoms with Crippen LogP contribution >= 0.6 is 0 Å². The molecule has 37 heteroatoms. The second kappa shape index (κ2) is 31.7. The molecule has 0 bridgehead atoms. The van der Waals surface area contributed by atoms with E-state index in [2.05, 4.69) is 140 Å². The molecule has 7 saturated heterocycles. The summed E-state index contributed by atoms with van der Waals surface area (Å²) in [6.45, 7) is 28.6. The summed E-state index contributed by atoms with van der Waals surface area (Å²) in [5, 5.41) is 27.5. The SMILES string of the molecule is Cc1nc2ncc(-c3cc(=O)n4cc(N5CC6CNC6C5)ccc4n3)cn2n1.Cc1nc2ncc(-c3cc(=O)n4cc(N5CCC(CN6CCCC6)CC5)ccc4n3)cn2n1.Cc1nc2ncc(-c3cc(=O)n4cc(N5CCN(C6CNC6)CC5)ccc4n3)cn2n1.Cc1nc2ncc(-c3cc(=O)n4cc(N5C[C@H](C)N[C@@H](C)C5)ccc4n3)cn2n1. The first-order valence-electron chi connectivity index (χ1n) is 41.4. The van der Waals surface area contributed by atoms with Gasteiger partial charge in [-0.15, -0.1) is 0 Å². The number of anilines is 4. The second-order valence-electron chi connectivity index (χ2n) is 32.7. The minimum Gasteiger partial charge on any atom is -0.370 e. The summed E-state index contributed by atoms with van der Waals surface area (Å²) < 4.78 is 12.9. The molecule has 16 aromatic heterocycles. The van der Waals surface area contributed by atoms with Crippen LogP contribution in [0, 0.1) is 39.5 Å². The van der Waals surface area contributed by atoms with E-state index in [1.165, 1.54) is 51.4 Å². The van der Waals surface area contributed by atoms with Gasteiger partial charge in [0, 0.05) is 243 Å². The van der Waals surface area contributed by atoms with E-state index in [0.717, 1.165) is 142 Å². The molecule has 0 radical (unpaired) electrons. The third-order valence-electron chi connectivity index (χ3n) is 24.0. The van der Waals surface area contributed by atoms with Crippen molar-refractivity contribution >= 4 is 68.4 Å². The molecule has 4 atom stereocenters. The van der Waals surface area contributed by atoms with Crippen LogP contribution in [0.15, 0.2) is 166 Å². The number of fused-ring (bicyclic) bond motifs is 9. The maximum atomic E-state index is 13.0. The van der Waals surface area contributed by atoms with Crippen LogP contribution in [0.4, 0.5) is 22.7 Å². The van der Waals surface area contributed by atoms with Gasteiger partial charge in [0.1, 0.15) is 45.9 Å². The van der Waals surface area contributed by atoms with E-state index in [1.807, 2.05) is 94.9 Å². The number of rotatable bonds is 11. The second-order valence-corrected chi connectivity index (χ2v) is 32.7. The maximum absolute atomic E-state index is 13.0. The lowest BCUT2D eigenvalue weighted by molar-refractivity contribution is 0.138. The highest BCUT2D eigenvalue weighted by molar-refractivity contribution is 5.67. The number of aryl methyl sites for hydroxylation is 4. The Balaban J connectivity index is 0.000000103. The molecule has 7 fully saturated rings. The maximum Gasteiger partial charge on any atom is 0.258 e. The number of nitrogens with one attached hydrogen (secondary N) is 3. The van der Waals surface area contributed by atoms with Crippen molar-refractivity contribution < 1.29 is 0 Å². The Morgan fingerprint density at radius 2 is 0.736 bits per heavy atom. The molecule has 23 rings (SSSR count). The first-order chi connectivity index (χ1) is 58.8. The molecule has 0 saturated carbocycles. The number of pyridine rings is 4. The Morgan fingerprint density at radius 1 is 0.380 bits per heavy atom. The van der Waals surface area contributed by atoms with Gasteiger partial charge in [-0.05, 0) is 135 Å². The Hall–Kier alpha value is -13.4. The van der Waals surface area contributed by atoms with Crippen LogP contribution in [-0.4, -0.2) is 255 Å². The standard InChI is InChI=1S/C24H28N8O.C21H23N9O.C20H22N8O.C19H18N8O/c1-17-26-24-25-13-19(15-32(24)28-17)21-12-23(33)31-16-20(4-5-22(31)27-21)30-10-6-18(7-11-30)14-29-8-2-3-9-29;1-14-24-21-23-9-15(12-30(21)26-14)18-8-20(31)29-13-16(2-3-19(29)25-18)27-4-6-28(7-5-27)17-10-22-11-17;1-12-8-26(9-13(2)22-12)16-4-5-18-24-17(6-19(29)27(18)11-16)15-7-21-20-23-14(3)25-28(20)10-15;1-11-22-19-21-6-13(8-27(19)24-11)15-4-18(28)26-9-14(2-3-17(26)23-15)25-7-12-5-20-16(12)10-25/h4-5,12-13,15-16,18H,2-3,6-11,14H2,1H3;2-3,8-9,12-13,17,22H,4-7,10-11H2,1H3;4-7,10-13,22H,8-9H2,1-3H3;2-4,6,8-9,12,16,20H,5,7,10H2,1H3/t;;12-,13-;/m..0./s1. The largest absolute Gasteiger partial charge is 0.370 e. The zero-order valence-electron chi connectivity index (χ0n) is 68.0. The van der Waals surface area contributed by atoms with E-state index in [0.29, 0.717) is 116 Å². The summed E-state index contributed by atoms with van der Waals surface area (Å²) in [5.74, 6) is 6.19. The molecule has 37 nitrogen and oxygen atoms in total. The van der Waals surface area contributed by atoms with E-state index in [-0.39, 0.29) is 22.2 Å². The molecule has 23 heterocycles. The molecule has 0 spiro atoms. The Morgan fingerprint density at radius 3 is 1.07 bits per heavy atom. The molecule has 0 amide bonds. The summed E-state index contributed by atoms with van der Waals surface area (Å²) in [6, 6.07) is 24.1. The van der Waals surface area contributed by atoms with Crippen molar-refractivity contribution in [2.45, 2.75) is 91.4 Å². The number of likely N-dealkylation sites (tertiary alicyclic amines) is 1. The van der Waals surface area contributed by atoms with Crippen molar-refractivity contribution in [3.05, 3.63) is 212 Å². The minimum absolute atomic E-state index is 0.101. The van der Waals surface area contributed by atoms with Crippen molar-refractivity contribution in [3.63, 3.8) is 0 Å². The minimum atomic E-state index is -0.127. The number of piperidine rings is 1. The molecule has 0 aliphatic carbocycles. The van der Waals surface area contributed by atoms with Crippen LogP contribution in [0.2, 0.25) is 0 Å². The lowest BCUT2D eigenvalue weighted by Gasteiger charge is -2.43.